The molecule has 1 heterocycles. The highest BCUT2D eigenvalue weighted by Gasteiger charge is 2.38. The predicted octanol–water partition coefficient (Wildman–Crippen LogP) is 2.63. The van der Waals surface area contributed by atoms with E-state index in [0.29, 0.717) is 11.8 Å². The molecule has 0 amide bonds. The van der Waals surface area contributed by atoms with Crippen LogP contribution in [0.5, 0.6) is 0 Å². The Morgan fingerprint density at radius 1 is 1.18 bits per heavy atom. The third-order valence-electron chi connectivity index (χ3n) is 4.26. The van der Waals surface area contributed by atoms with Crippen molar-refractivity contribution in [3.8, 4) is 0 Å². The molecule has 1 aromatic carbocycles. The van der Waals surface area contributed by atoms with Crippen LogP contribution >= 0.6 is 0 Å². The van der Waals surface area contributed by atoms with E-state index >= 15 is 0 Å². The molecule has 1 saturated heterocycles. The van der Waals surface area contributed by atoms with E-state index in [2.05, 4.69) is 35.2 Å². The number of fused-ring (bicyclic) bond motifs is 1. The SMILES string of the molecule is O=C1CCC2CCN(Cc3ccccc3)C2C1. The van der Waals surface area contributed by atoms with Gasteiger partial charge in [0.25, 0.3) is 0 Å². The Balaban J connectivity index is 1.70. The number of Topliss-reactive ketones (excluding diaryl/α,β-unsaturated/α-hetero) is 1. The van der Waals surface area contributed by atoms with E-state index in [1.54, 1.807) is 0 Å². The van der Waals surface area contributed by atoms with Crippen LogP contribution in [0.3, 0.4) is 0 Å². The molecule has 2 unspecified atom stereocenters. The summed E-state index contributed by atoms with van der Waals surface area (Å²) in [7, 11) is 0. The van der Waals surface area contributed by atoms with Crippen LogP contribution < -0.4 is 0 Å². The quantitative estimate of drug-likeness (QED) is 0.777. The van der Waals surface area contributed by atoms with Gasteiger partial charge in [-0.05, 0) is 30.9 Å². The van der Waals surface area contributed by atoms with Gasteiger partial charge in [0.2, 0.25) is 0 Å². The molecule has 2 fully saturated rings. The molecule has 3 rings (SSSR count). The van der Waals surface area contributed by atoms with Crippen molar-refractivity contribution >= 4 is 5.78 Å². The standard InChI is InChI=1S/C15H19NO/c17-14-7-6-13-8-9-16(15(13)10-14)11-12-4-2-1-3-5-12/h1-5,13,15H,6-11H2. The lowest BCUT2D eigenvalue weighted by molar-refractivity contribution is -0.122. The maximum absolute atomic E-state index is 11.6. The normalized spacial score (nSPS) is 29.3. The van der Waals surface area contributed by atoms with Gasteiger partial charge in [-0.25, -0.2) is 0 Å². The van der Waals surface area contributed by atoms with Gasteiger partial charge in [0.1, 0.15) is 5.78 Å². The maximum atomic E-state index is 11.6. The lowest BCUT2D eigenvalue weighted by Crippen LogP contribution is -2.37. The third kappa shape index (κ3) is 2.27. The van der Waals surface area contributed by atoms with E-state index in [1.807, 2.05) is 0 Å². The number of carbonyl (C=O) groups excluding carboxylic acids is 1. The molecule has 90 valence electrons. The van der Waals surface area contributed by atoms with Crippen molar-refractivity contribution in [1.82, 2.24) is 4.90 Å². The molecule has 1 aliphatic heterocycles. The first-order valence-electron chi connectivity index (χ1n) is 6.62. The zero-order chi connectivity index (χ0) is 11.7. The highest BCUT2D eigenvalue weighted by Crippen LogP contribution is 2.35. The Morgan fingerprint density at radius 2 is 2.00 bits per heavy atom. The molecule has 2 heteroatoms. The molecule has 1 aromatic rings. The monoisotopic (exact) mass is 229 g/mol. The van der Waals surface area contributed by atoms with Gasteiger partial charge in [0.15, 0.2) is 0 Å². The first kappa shape index (κ1) is 11.0. The molecule has 0 radical (unpaired) electrons. The van der Waals surface area contributed by atoms with Crippen LogP contribution in [0, 0.1) is 5.92 Å². The Kier molecular flexibility index (Phi) is 2.98. The summed E-state index contributed by atoms with van der Waals surface area (Å²) in [6, 6.07) is 11.1. The molecule has 2 aliphatic rings. The van der Waals surface area contributed by atoms with Crippen molar-refractivity contribution in [1.29, 1.82) is 0 Å². The molecule has 0 N–H and O–H groups in total. The summed E-state index contributed by atoms with van der Waals surface area (Å²) in [5, 5.41) is 0. The minimum absolute atomic E-state index is 0.464. The average Bonchev–Trinajstić information content (AvgIpc) is 2.73. The summed E-state index contributed by atoms with van der Waals surface area (Å²) in [6.45, 7) is 2.17. The second-order valence-electron chi connectivity index (χ2n) is 5.35. The number of rotatable bonds is 2. The zero-order valence-electron chi connectivity index (χ0n) is 10.1. The van der Waals surface area contributed by atoms with Crippen molar-refractivity contribution in [2.75, 3.05) is 6.54 Å². The van der Waals surface area contributed by atoms with Crippen molar-refractivity contribution < 1.29 is 4.79 Å². The minimum Gasteiger partial charge on any atom is -0.300 e. The molecule has 1 aliphatic carbocycles. The molecule has 2 atom stereocenters. The Bertz CT molecular complexity index is 401. The van der Waals surface area contributed by atoms with Crippen LogP contribution in [0.15, 0.2) is 30.3 Å². The van der Waals surface area contributed by atoms with Crippen molar-refractivity contribution in [2.45, 2.75) is 38.3 Å². The molecular weight excluding hydrogens is 210 g/mol. The summed E-state index contributed by atoms with van der Waals surface area (Å²) < 4.78 is 0. The van der Waals surface area contributed by atoms with Gasteiger partial charge in [-0.1, -0.05) is 30.3 Å². The summed E-state index contributed by atoms with van der Waals surface area (Å²) in [4.78, 5) is 14.1. The second-order valence-corrected chi connectivity index (χ2v) is 5.35. The van der Waals surface area contributed by atoms with Gasteiger partial charge >= 0.3 is 0 Å². The minimum atomic E-state index is 0.464. The summed E-state index contributed by atoms with van der Waals surface area (Å²) >= 11 is 0. The number of hydrogen-bond donors (Lipinski definition) is 0. The summed E-state index contributed by atoms with van der Waals surface area (Å²) in [5.41, 5.74) is 1.37. The second kappa shape index (κ2) is 4.61. The van der Waals surface area contributed by atoms with Crippen LogP contribution in [0.25, 0.3) is 0 Å². The number of nitrogens with zero attached hydrogens (tertiary/aromatic N) is 1. The number of carbonyl (C=O) groups is 1. The molecule has 1 saturated carbocycles. The van der Waals surface area contributed by atoms with Crippen molar-refractivity contribution in [2.24, 2.45) is 5.92 Å². The third-order valence-corrected chi connectivity index (χ3v) is 4.26. The molecule has 17 heavy (non-hydrogen) atoms. The number of likely N-dealkylation sites (tertiary alicyclic amines) is 1. The van der Waals surface area contributed by atoms with Gasteiger partial charge in [0, 0.05) is 25.4 Å². The van der Waals surface area contributed by atoms with Crippen LogP contribution in [-0.2, 0) is 11.3 Å². The zero-order valence-corrected chi connectivity index (χ0v) is 10.1. The number of benzene rings is 1. The largest absolute Gasteiger partial charge is 0.300 e. The van der Waals surface area contributed by atoms with E-state index < -0.39 is 0 Å². The first-order valence-corrected chi connectivity index (χ1v) is 6.62. The fourth-order valence-corrected chi connectivity index (χ4v) is 3.32. The molecule has 0 bridgehead atoms. The molecule has 0 aromatic heterocycles. The van der Waals surface area contributed by atoms with E-state index in [0.717, 1.165) is 38.3 Å². The maximum Gasteiger partial charge on any atom is 0.134 e. The number of hydrogen-bond acceptors (Lipinski definition) is 2. The van der Waals surface area contributed by atoms with Crippen molar-refractivity contribution in [3.63, 3.8) is 0 Å². The van der Waals surface area contributed by atoms with Crippen LogP contribution in [0.1, 0.15) is 31.2 Å². The van der Waals surface area contributed by atoms with Crippen LogP contribution in [-0.4, -0.2) is 23.3 Å². The summed E-state index contributed by atoms with van der Waals surface area (Å²) in [5.74, 6) is 1.24. The Labute approximate surface area is 103 Å². The first-order chi connectivity index (χ1) is 8.33. The molecule has 2 nitrogen and oxygen atoms in total. The van der Waals surface area contributed by atoms with Crippen LogP contribution in [0.2, 0.25) is 0 Å². The highest BCUT2D eigenvalue weighted by molar-refractivity contribution is 5.80. The predicted molar refractivity (Wildman–Crippen MR) is 67.6 cm³/mol. The lowest BCUT2D eigenvalue weighted by atomic mass is 9.84. The van der Waals surface area contributed by atoms with E-state index in [9.17, 15) is 4.79 Å². The Hall–Kier alpha value is -1.15. The summed E-state index contributed by atoms with van der Waals surface area (Å²) in [6.07, 6.45) is 4.01. The van der Waals surface area contributed by atoms with Gasteiger partial charge in [0.05, 0.1) is 0 Å². The highest BCUT2D eigenvalue weighted by atomic mass is 16.1. The fraction of sp³-hybridized carbons (Fsp3) is 0.533. The van der Waals surface area contributed by atoms with Gasteiger partial charge in [-0.15, -0.1) is 0 Å². The molecule has 0 spiro atoms. The van der Waals surface area contributed by atoms with Gasteiger partial charge < -0.3 is 0 Å². The van der Waals surface area contributed by atoms with Gasteiger partial charge in [-0.3, -0.25) is 9.69 Å². The van der Waals surface area contributed by atoms with E-state index in [-0.39, 0.29) is 0 Å². The van der Waals surface area contributed by atoms with E-state index in [4.69, 9.17) is 0 Å². The lowest BCUT2D eigenvalue weighted by Gasteiger charge is -2.31. The topological polar surface area (TPSA) is 20.3 Å². The van der Waals surface area contributed by atoms with Gasteiger partial charge in [-0.2, -0.15) is 0 Å². The molecular formula is C15H19NO. The fourth-order valence-electron chi connectivity index (χ4n) is 3.32. The smallest absolute Gasteiger partial charge is 0.134 e. The van der Waals surface area contributed by atoms with Crippen molar-refractivity contribution in [3.05, 3.63) is 35.9 Å². The van der Waals surface area contributed by atoms with Crippen LogP contribution in [0.4, 0.5) is 0 Å². The number of ketones is 1. The van der Waals surface area contributed by atoms with E-state index in [1.165, 1.54) is 12.0 Å². The Morgan fingerprint density at radius 3 is 2.82 bits per heavy atom. The average molecular weight is 229 g/mol.